The van der Waals surface area contributed by atoms with Crippen LogP contribution in [0.25, 0.3) is 0 Å². The van der Waals surface area contributed by atoms with Crippen LogP contribution in [0.4, 0.5) is 0 Å². The standard InChI is InChI=1S/C14H22O6S2/c1-8(2)11-6-12(9(3)4)14(22(18,19)20)13(7-11)10(5)21(15,16)17/h6-10H,1-5H3,(H,15,16,17)(H,18,19,20)/p-2. The summed E-state index contributed by atoms with van der Waals surface area (Å²) in [5, 5.41) is -1.61. The van der Waals surface area contributed by atoms with Crippen LogP contribution in [0, 0.1) is 0 Å². The normalized spacial score (nSPS) is 14.6. The number of hydrogen-bond donors (Lipinski definition) is 0. The summed E-state index contributed by atoms with van der Waals surface area (Å²) in [6, 6.07) is 2.93. The highest BCUT2D eigenvalue weighted by molar-refractivity contribution is 7.86. The van der Waals surface area contributed by atoms with E-state index in [-0.39, 0.29) is 23.0 Å². The topological polar surface area (TPSA) is 114 Å². The smallest absolute Gasteiger partial charge is 0.125 e. The Bertz CT molecular complexity index is 761. The fourth-order valence-corrected chi connectivity index (χ4v) is 3.89. The molecular weight excluding hydrogens is 328 g/mol. The molecule has 22 heavy (non-hydrogen) atoms. The van der Waals surface area contributed by atoms with E-state index < -0.39 is 30.4 Å². The molecule has 0 fully saturated rings. The van der Waals surface area contributed by atoms with E-state index in [4.69, 9.17) is 0 Å². The van der Waals surface area contributed by atoms with Crippen LogP contribution in [0.5, 0.6) is 0 Å². The van der Waals surface area contributed by atoms with Crippen LogP contribution >= 0.6 is 0 Å². The van der Waals surface area contributed by atoms with Crippen LogP contribution in [-0.2, 0) is 20.2 Å². The monoisotopic (exact) mass is 348 g/mol. The maximum absolute atomic E-state index is 11.6. The van der Waals surface area contributed by atoms with Gasteiger partial charge in [0, 0.05) is 0 Å². The van der Waals surface area contributed by atoms with Crippen molar-refractivity contribution in [3.63, 3.8) is 0 Å². The van der Waals surface area contributed by atoms with Crippen LogP contribution < -0.4 is 0 Å². The summed E-state index contributed by atoms with van der Waals surface area (Å²) in [6.07, 6.45) is 0. The molecule has 1 aromatic rings. The molecule has 126 valence electrons. The molecule has 1 rings (SSSR count). The molecular formula is C14H20O6S2-2. The molecule has 6 nitrogen and oxygen atoms in total. The highest BCUT2D eigenvalue weighted by atomic mass is 32.2. The molecule has 0 aliphatic rings. The van der Waals surface area contributed by atoms with Crippen molar-refractivity contribution in [2.45, 2.75) is 56.6 Å². The molecule has 0 radical (unpaired) electrons. The highest BCUT2D eigenvalue weighted by Gasteiger charge is 2.25. The zero-order chi connectivity index (χ0) is 17.5. The van der Waals surface area contributed by atoms with Gasteiger partial charge in [-0.05, 0) is 35.4 Å². The molecule has 1 aromatic carbocycles. The maximum Gasteiger partial charge on any atom is 0.125 e. The Hall–Kier alpha value is -0.960. The van der Waals surface area contributed by atoms with Crippen LogP contribution in [0.15, 0.2) is 17.0 Å². The fourth-order valence-electron chi connectivity index (χ4n) is 2.21. The van der Waals surface area contributed by atoms with E-state index in [9.17, 15) is 25.9 Å². The van der Waals surface area contributed by atoms with Crippen LogP contribution in [0.2, 0.25) is 0 Å². The van der Waals surface area contributed by atoms with Crippen molar-refractivity contribution in [2.75, 3.05) is 0 Å². The third-order valence-electron chi connectivity index (χ3n) is 3.58. The third kappa shape index (κ3) is 4.07. The van der Waals surface area contributed by atoms with E-state index in [1.54, 1.807) is 19.9 Å². The van der Waals surface area contributed by atoms with Gasteiger partial charge in [-0.25, -0.2) is 16.8 Å². The van der Waals surface area contributed by atoms with Gasteiger partial charge in [-0.1, -0.05) is 39.8 Å². The van der Waals surface area contributed by atoms with Crippen molar-refractivity contribution in [3.8, 4) is 0 Å². The van der Waals surface area contributed by atoms with Crippen molar-refractivity contribution in [3.05, 3.63) is 28.8 Å². The second-order valence-corrected chi connectivity index (χ2v) is 8.94. The molecule has 0 bridgehead atoms. The molecule has 1 atom stereocenters. The Morgan fingerprint density at radius 2 is 1.27 bits per heavy atom. The lowest BCUT2D eigenvalue weighted by Crippen LogP contribution is -2.17. The van der Waals surface area contributed by atoms with E-state index in [1.807, 2.05) is 13.8 Å². The molecule has 0 heterocycles. The molecule has 0 saturated heterocycles. The van der Waals surface area contributed by atoms with Gasteiger partial charge in [-0.2, -0.15) is 0 Å². The average Bonchev–Trinajstić information content (AvgIpc) is 2.33. The minimum Gasteiger partial charge on any atom is -0.747 e. The Morgan fingerprint density at radius 1 is 0.818 bits per heavy atom. The number of hydrogen-bond acceptors (Lipinski definition) is 6. The zero-order valence-electron chi connectivity index (χ0n) is 13.2. The summed E-state index contributed by atoms with van der Waals surface area (Å²) < 4.78 is 68.9. The number of benzene rings is 1. The minimum atomic E-state index is -4.91. The maximum atomic E-state index is 11.6. The quantitative estimate of drug-likeness (QED) is 0.755. The molecule has 0 aliphatic heterocycles. The van der Waals surface area contributed by atoms with Crippen molar-refractivity contribution < 1.29 is 25.9 Å². The van der Waals surface area contributed by atoms with Crippen molar-refractivity contribution in [1.29, 1.82) is 0 Å². The molecule has 0 amide bonds. The lowest BCUT2D eigenvalue weighted by molar-refractivity contribution is 0.449. The van der Waals surface area contributed by atoms with Gasteiger partial charge < -0.3 is 9.11 Å². The first kappa shape index (κ1) is 19.1. The van der Waals surface area contributed by atoms with E-state index in [0.717, 1.165) is 6.92 Å². The molecule has 0 N–H and O–H groups in total. The van der Waals surface area contributed by atoms with E-state index in [0.29, 0.717) is 5.56 Å². The van der Waals surface area contributed by atoms with Gasteiger partial charge in [-0.15, -0.1) is 0 Å². The summed E-state index contributed by atoms with van der Waals surface area (Å²) in [7, 11) is -9.69. The van der Waals surface area contributed by atoms with E-state index >= 15 is 0 Å². The zero-order valence-corrected chi connectivity index (χ0v) is 14.8. The molecule has 0 aromatic heterocycles. The van der Waals surface area contributed by atoms with E-state index in [2.05, 4.69) is 0 Å². The first-order valence-corrected chi connectivity index (χ1v) is 9.73. The first-order chi connectivity index (χ1) is 9.76. The Balaban J connectivity index is 3.93. The molecule has 8 heteroatoms. The van der Waals surface area contributed by atoms with Gasteiger partial charge >= 0.3 is 0 Å². The van der Waals surface area contributed by atoms with Crippen molar-refractivity contribution in [2.24, 2.45) is 0 Å². The lowest BCUT2D eigenvalue weighted by Gasteiger charge is -2.26. The summed E-state index contributed by atoms with van der Waals surface area (Å²) in [6.45, 7) is 8.21. The van der Waals surface area contributed by atoms with Gasteiger partial charge in [0.2, 0.25) is 0 Å². The van der Waals surface area contributed by atoms with Gasteiger partial charge in [0.25, 0.3) is 0 Å². The predicted molar refractivity (Wildman–Crippen MR) is 80.7 cm³/mol. The van der Waals surface area contributed by atoms with Crippen molar-refractivity contribution in [1.82, 2.24) is 0 Å². The van der Waals surface area contributed by atoms with Gasteiger partial charge in [0.15, 0.2) is 0 Å². The first-order valence-electron chi connectivity index (χ1n) is 6.85. The Morgan fingerprint density at radius 3 is 1.59 bits per heavy atom. The SMILES string of the molecule is CC(C)c1cc(C(C)C)c(S(=O)(=O)[O-])c(C(C)S(=O)(=O)[O-])c1. The largest absolute Gasteiger partial charge is 0.747 e. The summed E-state index contributed by atoms with van der Waals surface area (Å²) in [4.78, 5) is -0.584. The van der Waals surface area contributed by atoms with Crippen LogP contribution in [0.1, 0.15) is 68.4 Å². The third-order valence-corrected chi connectivity index (χ3v) is 5.67. The van der Waals surface area contributed by atoms with Gasteiger partial charge in [0.05, 0.1) is 10.1 Å². The fraction of sp³-hybridized carbons (Fsp3) is 0.571. The minimum absolute atomic E-state index is 0.0128. The molecule has 0 aliphatic carbocycles. The Kier molecular flexibility index (Phi) is 5.44. The van der Waals surface area contributed by atoms with Crippen LogP contribution in [0.3, 0.4) is 0 Å². The van der Waals surface area contributed by atoms with E-state index in [1.165, 1.54) is 6.07 Å². The second kappa shape index (κ2) is 6.27. The highest BCUT2D eigenvalue weighted by Crippen LogP contribution is 2.36. The summed E-state index contributed by atoms with van der Waals surface area (Å²) in [5.74, 6) is -0.320. The molecule has 1 unspecified atom stereocenters. The average molecular weight is 348 g/mol. The summed E-state index contributed by atoms with van der Waals surface area (Å²) >= 11 is 0. The van der Waals surface area contributed by atoms with Gasteiger partial charge in [-0.3, -0.25) is 0 Å². The van der Waals surface area contributed by atoms with Crippen LogP contribution in [-0.4, -0.2) is 25.9 Å². The second-order valence-electron chi connectivity index (χ2n) is 5.93. The predicted octanol–water partition coefficient (Wildman–Crippen LogP) is 2.44. The Labute approximate surface area is 132 Å². The van der Waals surface area contributed by atoms with Gasteiger partial charge in [0.1, 0.15) is 20.2 Å². The number of rotatable bonds is 5. The van der Waals surface area contributed by atoms with Crippen molar-refractivity contribution >= 4 is 20.2 Å². The molecule has 0 spiro atoms. The summed E-state index contributed by atoms with van der Waals surface area (Å²) in [5.41, 5.74) is 0.688. The lowest BCUT2D eigenvalue weighted by atomic mass is 9.92. The molecule has 0 saturated carbocycles.